The average Bonchev–Trinajstić information content (AvgIpc) is 2.30. The molecule has 0 fully saturated rings. The van der Waals surface area contributed by atoms with E-state index in [0.717, 1.165) is 11.3 Å². The molecule has 0 unspecified atom stereocenters. The normalized spacial score (nSPS) is 10.4. The van der Waals surface area contributed by atoms with E-state index in [1.54, 1.807) is 30.6 Å². The Hall–Kier alpha value is -1.29. The summed E-state index contributed by atoms with van der Waals surface area (Å²) < 4.78 is 5.77. The highest BCUT2D eigenvalue weighted by Crippen LogP contribution is 2.29. The van der Waals surface area contributed by atoms with Gasteiger partial charge in [0, 0.05) is 34.5 Å². The number of pyridine rings is 1. The Kier molecular flexibility index (Phi) is 4.42. The molecule has 1 aromatic carbocycles. The molecule has 0 radical (unpaired) electrons. The van der Waals surface area contributed by atoms with Gasteiger partial charge in [0.25, 0.3) is 0 Å². The number of ether oxygens (including phenoxy) is 1. The van der Waals surface area contributed by atoms with Gasteiger partial charge in [-0.25, -0.2) is 0 Å². The van der Waals surface area contributed by atoms with Crippen molar-refractivity contribution in [3.05, 3.63) is 52.3 Å². The summed E-state index contributed by atoms with van der Waals surface area (Å²) in [5.74, 6) is 1.34. The zero-order valence-corrected chi connectivity index (χ0v) is 11.3. The van der Waals surface area contributed by atoms with E-state index in [2.05, 4.69) is 10.3 Å². The second-order valence-electron chi connectivity index (χ2n) is 3.72. The maximum Gasteiger partial charge on any atom is 0.134 e. The van der Waals surface area contributed by atoms with Gasteiger partial charge in [0.2, 0.25) is 0 Å². The summed E-state index contributed by atoms with van der Waals surface area (Å²) in [7, 11) is 1.87. The van der Waals surface area contributed by atoms with Crippen molar-refractivity contribution in [2.24, 2.45) is 0 Å². The Balaban J connectivity index is 2.27. The van der Waals surface area contributed by atoms with Gasteiger partial charge in [0.05, 0.1) is 0 Å². The fourth-order valence-corrected chi connectivity index (χ4v) is 2.06. The first-order chi connectivity index (χ1) is 8.69. The molecule has 1 aromatic heterocycles. The highest BCUT2D eigenvalue weighted by molar-refractivity contribution is 6.34. The minimum atomic E-state index is 0.543. The van der Waals surface area contributed by atoms with Crippen molar-refractivity contribution in [3.63, 3.8) is 0 Å². The molecule has 0 spiro atoms. The van der Waals surface area contributed by atoms with Gasteiger partial charge in [-0.15, -0.1) is 0 Å². The molecular formula is C13H12Cl2N2O. The first-order valence-corrected chi connectivity index (χ1v) is 6.16. The average molecular weight is 283 g/mol. The van der Waals surface area contributed by atoms with E-state index >= 15 is 0 Å². The summed E-state index contributed by atoms with van der Waals surface area (Å²) in [5, 5.41) is 4.15. The number of benzene rings is 1. The summed E-state index contributed by atoms with van der Waals surface area (Å²) in [6.45, 7) is 0.678. The predicted molar refractivity (Wildman–Crippen MR) is 73.5 cm³/mol. The molecule has 3 nitrogen and oxygen atoms in total. The monoisotopic (exact) mass is 282 g/mol. The molecule has 2 rings (SSSR count). The van der Waals surface area contributed by atoms with E-state index in [1.807, 2.05) is 13.1 Å². The first-order valence-electron chi connectivity index (χ1n) is 5.40. The van der Waals surface area contributed by atoms with Gasteiger partial charge >= 0.3 is 0 Å². The molecule has 2 aromatic rings. The van der Waals surface area contributed by atoms with Crippen molar-refractivity contribution >= 4 is 23.2 Å². The number of hydrogen-bond acceptors (Lipinski definition) is 3. The van der Waals surface area contributed by atoms with E-state index in [4.69, 9.17) is 27.9 Å². The molecule has 0 aliphatic heterocycles. The number of nitrogens with one attached hydrogen (secondary N) is 1. The first kappa shape index (κ1) is 13.1. The van der Waals surface area contributed by atoms with Gasteiger partial charge in [-0.3, -0.25) is 4.98 Å². The van der Waals surface area contributed by atoms with E-state index in [-0.39, 0.29) is 0 Å². The van der Waals surface area contributed by atoms with Gasteiger partial charge in [0.1, 0.15) is 11.5 Å². The quantitative estimate of drug-likeness (QED) is 0.924. The lowest BCUT2D eigenvalue weighted by molar-refractivity contribution is 0.473. The standard InChI is InChI=1S/C13H12Cl2N2O/c1-16-7-9-8-17-3-2-13(9)18-12-5-10(14)4-11(15)6-12/h2-6,8,16H,7H2,1H3. The van der Waals surface area contributed by atoms with Crippen molar-refractivity contribution < 1.29 is 4.74 Å². The summed E-state index contributed by atoms with van der Waals surface area (Å²) in [6.07, 6.45) is 3.44. The van der Waals surface area contributed by atoms with E-state index in [9.17, 15) is 0 Å². The van der Waals surface area contributed by atoms with E-state index < -0.39 is 0 Å². The molecule has 0 atom stereocenters. The zero-order valence-electron chi connectivity index (χ0n) is 9.78. The van der Waals surface area contributed by atoms with Gasteiger partial charge in [-0.05, 0) is 31.3 Å². The van der Waals surface area contributed by atoms with Crippen molar-refractivity contribution in [2.45, 2.75) is 6.54 Å². The number of hydrogen-bond donors (Lipinski definition) is 1. The lowest BCUT2D eigenvalue weighted by Crippen LogP contribution is -2.06. The summed E-state index contributed by atoms with van der Waals surface area (Å²) in [5.41, 5.74) is 0.969. The van der Waals surface area contributed by atoms with Crippen LogP contribution in [0, 0.1) is 0 Å². The van der Waals surface area contributed by atoms with Crippen molar-refractivity contribution in [3.8, 4) is 11.5 Å². The molecule has 0 bridgehead atoms. The Morgan fingerprint density at radius 1 is 1.22 bits per heavy atom. The van der Waals surface area contributed by atoms with Crippen LogP contribution in [0.1, 0.15) is 5.56 Å². The Bertz CT molecular complexity index is 526. The Morgan fingerprint density at radius 3 is 2.61 bits per heavy atom. The largest absolute Gasteiger partial charge is 0.457 e. The van der Waals surface area contributed by atoms with Crippen LogP contribution in [0.2, 0.25) is 10.0 Å². The van der Waals surface area contributed by atoms with Crippen LogP contribution < -0.4 is 10.1 Å². The molecule has 0 saturated heterocycles. The Morgan fingerprint density at radius 2 is 1.94 bits per heavy atom. The number of nitrogens with zero attached hydrogens (tertiary/aromatic N) is 1. The smallest absolute Gasteiger partial charge is 0.134 e. The van der Waals surface area contributed by atoms with Crippen LogP contribution in [0.4, 0.5) is 0 Å². The maximum atomic E-state index is 5.93. The van der Waals surface area contributed by atoms with Crippen LogP contribution in [0.15, 0.2) is 36.7 Å². The van der Waals surface area contributed by atoms with Crippen LogP contribution in [-0.4, -0.2) is 12.0 Å². The minimum Gasteiger partial charge on any atom is -0.457 e. The third kappa shape index (κ3) is 3.35. The molecule has 94 valence electrons. The number of halogens is 2. The highest BCUT2D eigenvalue weighted by atomic mass is 35.5. The van der Waals surface area contributed by atoms with Crippen molar-refractivity contribution in [1.29, 1.82) is 0 Å². The predicted octanol–water partition coefficient (Wildman–Crippen LogP) is 3.90. The molecule has 18 heavy (non-hydrogen) atoms. The second-order valence-corrected chi connectivity index (χ2v) is 4.59. The van der Waals surface area contributed by atoms with Crippen LogP contribution in [0.25, 0.3) is 0 Å². The third-order valence-corrected chi connectivity index (χ3v) is 2.73. The molecule has 0 saturated carbocycles. The van der Waals surface area contributed by atoms with E-state index in [1.165, 1.54) is 0 Å². The molecule has 1 heterocycles. The highest BCUT2D eigenvalue weighted by Gasteiger charge is 2.05. The Labute approximate surface area is 116 Å². The van der Waals surface area contributed by atoms with Crippen molar-refractivity contribution in [2.75, 3.05) is 7.05 Å². The van der Waals surface area contributed by atoms with Crippen molar-refractivity contribution in [1.82, 2.24) is 10.3 Å². The lowest BCUT2D eigenvalue weighted by Gasteiger charge is -2.10. The fraction of sp³-hybridized carbons (Fsp3) is 0.154. The van der Waals surface area contributed by atoms with Crippen LogP contribution in [0.5, 0.6) is 11.5 Å². The number of aromatic nitrogens is 1. The minimum absolute atomic E-state index is 0.543. The third-order valence-electron chi connectivity index (χ3n) is 2.29. The SMILES string of the molecule is CNCc1cnccc1Oc1cc(Cl)cc(Cl)c1. The molecule has 0 amide bonds. The topological polar surface area (TPSA) is 34.2 Å². The van der Waals surface area contributed by atoms with Gasteiger partial charge < -0.3 is 10.1 Å². The molecule has 0 aliphatic carbocycles. The van der Waals surface area contributed by atoms with Crippen LogP contribution in [-0.2, 0) is 6.54 Å². The summed E-state index contributed by atoms with van der Waals surface area (Å²) in [6, 6.07) is 6.91. The van der Waals surface area contributed by atoms with E-state index in [0.29, 0.717) is 22.3 Å². The number of rotatable bonds is 4. The molecule has 0 aliphatic rings. The van der Waals surface area contributed by atoms with Gasteiger partial charge in [-0.1, -0.05) is 23.2 Å². The zero-order chi connectivity index (χ0) is 13.0. The maximum absolute atomic E-state index is 5.93. The lowest BCUT2D eigenvalue weighted by atomic mass is 10.2. The van der Waals surface area contributed by atoms with Gasteiger partial charge in [-0.2, -0.15) is 0 Å². The van der Waals surface area contributed by atoms with Crippen LogP contribution in [0.3, 0.4) is 0 Å². The molecule has 1 N–H and O–H groups in total. The van der Waals surface area contributed by atoms with Crippen LogP contribution >= 0.6 is 23.2 Å². The second kappa shape index (κ2) is 6.05. The fourth-order valence-electron chi connectivity index (χ4n) is 1.55. The molecular weight excluding hydrogens is 271 g/mol. The van der Waals surface area contributed by atoms with Gasteiger partial charge in [0.15, 0.2) is 0 Å². The molecule has 5 heteroatoms. The summed E-state index contributed by atoms with van der Waals surface area (Å²) in [4.78, 5) is 4.07. The summed E-state index contributed by atoms with van der Waals surface area (Å²) >= 11 is 11.9.